The summed E-state index contributed by atoms with van der Waals surface area (Å²) in [4.78, 5) is 14.2. The van der Waals surface area contributed by atoms with Gasteiger partial charge in [-0.15, -0.1) is 0 Å². The number of hydrogen-bond acceptors (Lipinski definition) is 7. The highest BCUT2D eigenvalue weighted by Crippen LogP contribution is 2.40. The summed E-state index contributed by atoms with van der Waals surface area (Å²) in [5, 5.41) is 11.7. The van der Waals surface area contributed by atoms with Crippen molar-refractivity contribution < 1.29 is 28.8 Å². The predicted molar refractivity (Wildman–Crippen MR) is 135 cm³/mol. The number of rotatable bonds is 10. The van der Waals surface area contributed by atoms with E-state index in [1.165, 1.54) is 14.2 Å². The number of ether oxygens (including phenoxy) is 5. The maximum Gasteiger partial charge on any atom is 0.310 e. The Bertz CT molecular complexity index is 1210. The van der Waals surface area contributed by atoms with Crippen molar-refractivity contribution in [2.75, 3.05) is 47.6 Å². The number of hydrogen-bond donors (Lipinski definition) is 1. The molecule has 1 aromatic heterocycles. The van der Waals surface area contributed by atoms with Crippen molar-refractivity contribution in [3.05, 3.63) is 40.2 Å². The maximum atomic E-state index is 13.8. The van der Waals surface area contributed by atoms with Gasteiger partial charge in [0.05, 0.1) is 47.6 Å². The first kappa shape index (κ1) is 25.4. The number of nitrogens with zero attached hydrogens (tertiary/aromatic N) is 1. The van der Waals surface area contributed by atoms with Crippen LogP contribution in [0, 0.1) is 0 Å². The van der Waals surface area contributed by atoms with Crippen molar-refractivity contribution >= 4 is 21.8 Å². The zero-order valence-corrected chi connectivity index (χ0v) is 21.5. The number of fused-ring (bicyclic) bond motifs is 1. The number of aromatic hydroxyl groups is 1. The van der Waals surface area contributed by atoms with Gasteiger partial charge in [0.25, 0.3) is 4.90 Å². The molecular formula is C25H32NO7S+. The van der Waals surface area contributed by atoms with Crippen molar-refractivity contribution in [2.45, 2.75) is 24.8 Å². The highest BCUT2D eigenvalue weighted by atomic mass is 32.2. The first-order valence-corrected chi connectivity index (χ1v) is 12.6. The molecular weight excluding hydrogens is 458 g/mol. The van der Waals surface area contributed by atoms with Gasteiger partial charge in [-0.05, 0) is 30.2 Å². The predicted octanol–water partition coefficient (Wildman–Crippen LogP) is 3.82. The summed E-state index contributed by atoms with van der Waals surface area (Å²) in [5.74, 6) is 3.18. The summed E-state index contributed by atoms with van der Waals surface area (Å²) in [6.07, 6.45) is 2.88. The molecule has 2 aromatic carbocycles. The molecule has 0 radical (unpaired) electrons. The Morgan fingerprint density at radius 3 is 1.91 bits per heavy atom. The third kappa shape index (κ3) is 4.57. The van der Waals surface area contributed by atoms with Crippen LogP contribution in [0.1, 0.15) is 18.9 Å². The monoisotopic (exact) mass is 490 g/mol. The molecule has 0 fully saturated rings. The van der Waals surface area contributed by atoms with E-state index in [-0.39, 0.29) is 17.9 Å². The van der Waals surface area contributed by atoms with Crippen LogP contribution in [0.3, 0.4) is 0 Å². The minimum absolute atomic E-state index is 0.0126. The summed E-state index contributed by atoms with van der Waals surface area (Å²) >= 11 is 0. The highest BCUT2D eigenvalue weighted by molar-refractivity contribution is 7.96. The molecule has 0 aliphatic heterocycles. The zero-order chi connectivity index (χ0) is 25.0. The van der Waals surface area contributed by atoms with E-state index in [4.69, 9.17) is 23.7 Å². The second-order valence-corrected chi connectivity index (χ2v) is 9.76. The molecule has 9 heteroatoms. The average Bonchev–Trinajstić information content (AvgIpc) is 2.85. The van der Waals surface area contributed by atoms with E-state index in [9.17, 15) is 9.90 Å². The number of aromatic nitrogens is 1. The largest absolute Gasteiger partial charge is 0.503 e. The molecule has 0 bridgehead atoms. The molecule has 3 aromatic rings. The summed E-state index contributed by atoms with van der Waals surface area (Å²) in [7, 11) is 7.27. The van der Waals surface area contributed by atoms with Crippen LogP contribution in [-0.4, -0.2) is 57.2 Å². The molecule has 8 nitrogen and oxygen atoms in total. The maximum absolute atomic E-state index is 13.8. The molecule has 0 saturated carbocycles. The Hall–Kier alpha value is -3.20. The second kappa shape index (κ2) is 10.8. The molecule has 1 atom stereocenters. The minimum atomic E-state index is -0.438. The van der Waals surface area contributed by atoms with Crippen LogP contribution in [0.15, 0.2) is 34.0 Å². The fourth-order valence-electron chi connectivity index (χ4n) is 4.03. The van der Waals surface area contributed by atoms with E-state index in [2.05, 4.69) is 6.92 Å². The minimum Gasteiger partial charge on any atom is -0.503 e. The van der Waals surface area contributed by atoms with E-state index >= 15 is 0 Å². The Kier molecular flexibility index (Phi) is 8.09. The standard InChI is InChI=1S/C25H31NO7S/c1-8-9-34(7)24-22(27)16-12-18(29-2)19(30-3)13-17(16)26(25(24)28)14-15-10-20(31-4)23(33-6)21(11-15)32-5/h10-13H,8-9,14H2,1-7H3/p+1. The van der Waals surface area contributed by atoms with Crippen LogP contribution in [0.4, 0.5) is 0 Å². The van der Waals surface area contributed by atoms with Gasteiger partial charge in [-0.25, -0.2) is 0 Å². The summed E-state index contributed by atoms with van der Waals surface area (Å²) in [6.45, 7) is 2.28. The van der Waals surface area contributed by atoms with E-state index in [1.54, 1.807) is 38.0 Å². The summed E-state index contributed by atoms with van der Waals surface area (Å²) in [6, 6.07) is 7.04. The van der Waals surface area contributed by atoms with Gasteiger partial charge in [0.2, 0.25) is 5.75 Å². The fourth-order valence-corrected chi connectivity index (χ4v) is 5.69. The van der Waals surface area contributed by atoms with Crippen LogP contribution in [0.5, 0.6) is 34.5 Å². The lowest BCUT2D eigenvalue weighted by Crippen LogP contribution is -2.28. The first-order chi connectivity index (χ1) is 16.3. The fraction of sp³-hybridized carbons (Fsp3) is 0.400. The normalized spacial score (nSPS) is 11.9. The van der Waals surface area contributed by atoms with E-state index < -0.39 is 10.9 Å². The molecule has 0 spiro atoms. The van der Waals surface area contributed by atoms with Crippen molar-refractivity contribution in [1.82, 2.24) is 4.57 Å². The molecule has 184 valence electrons. The SMILES string of the molecule is CCC[S+](C)c1c(O)c2cc(OC)c(OC)cc2n(Cc2cc(OC)c(OC)c(OC)c2)c1=O. The van der Waals surface area contributed by atoms with Gasteiger partial charge in [0.15, 0.2) is 28.7 Å². The Morgan fingerprint density at radius 2 is 1.41 bits per heavy atom. The van der Waals surface area contributed by atoms with E-state index in [0.717, 1.165) is 17.7 Å². The molecule has 0 aliphatic carbocycles. The Labute approximate surface area is 202 Å². The topological polar surface area (TPSA) is 88.4 Å². The lowest BCUT2D eigenvalue weighted by molar-refractivity contribution is 0.323. The quantitative estimate of drug-likeness (QED) is 0.432. The summed E-state index contributed by atoms with van der Waals surface area (Å²) in [5.41, 5.74) is 1.06. The van der Waals surface area contributed by atoms with Gasteiger partial charge in [-0.2, -0.15) is 0 Å². The second-order valence-electron chi connectivity index (χ2n) is 7.67. The smallest absolute Gasteiger partial charge is 0.310 e. The zero-order valence-electron chi connectivity index (χ0n) is 20.7. The first-order valence-electron chi connectivity index (χ1n) is 10.8. The molecule has 1 unspecified atom stereocenters. The highest BCUT2D eigenvalue weighted by Gasteiger charge is 2.29. The average molecular weight is 491 g/mol. The van der Waals surface area contributed by atoms with E-state index in [1.807, 2.05) is 18.4 Å². The van der Waals surface area contributed by atoms with Crippen LogP contribution in [-0.2, 0) is 17.4 Å². The Morgan fingerprint density at radius 1 is 0.853 bits per heavy atom. The van der Waals surface area contributed by atoms with Crippen molar-refractivity contribution in [1.29, 1.82) is 0 Å². The number of methoxy groups -OCH3 is 5. The molecule has 34 heavy (non-hydrogen) atoms. The molecule has 0 aliphatic rings. The van der Waals surface area contributed by atoms with Crippen LogP contribution in [0.25, 0.3) is 10.9 Å². The van der Waals surface area contributed by atoms with Gasteiger partial charge in [0, 0.05) is 22.3 Å². The van der Waals surface area contributed by atoms with Gasteiger partial charge in [-0.3, -0.25) is 9.36 Å². The number of pyridine rings is 1. The lowest BCUT2D eigenvalue weighted by atomic mass is 10.1. The van der Waals surface area contributed by atoms with Crippen LogP contribution >= 0.6 is 0 Å². The lowest BCUT2D eigenvalue weighted by Gasteiger charge is -2.18. The van der Waals surface area contributed by atoms with Crippen LogP contribution < -0.4 is 29.2 Å². The van der Waals surface area contributed by atoms with Crippen molar-refractivity contribution in [2.24, 2.45) is 0 Å². The van der Waals surface area contributed by atoms with Gasteiger partial charge in [-0.1, -0.05) is 6.92 Å². The van der Waals surface area contributed by atoms with Crippen LogP contribution in [0.2, 0.25) is 0 Å². The molecule has 1 N–H and O–H groups in total. The van der Waals surface area contributed by atoms with Crippen molar-refractivity contribution in [3.8, 4) is 34.5 Å². The van der Waals surface area contributed by atoms with Crippen molar-refractivity contribution in [3.63, 3.8) is 0 Å². The van der Waals surface area contributed by atoms with Gasteiger partial charge < -0.3 is 28.8 Å². The third-order valence-electron chi connectivity index (χ3n) is 5.63. The van der Waals surface area contributed by atoms with Gasteiger partial charge >= 0.3 is 5.56 Å². The Balaban J connectivity index is 2.34. The van der Waals surface area contributed by atoms with Gasteiger partial charge in [0.1, 0.15) is 12.0 Å². The van der Waals surface area contributed by atoms with E-state index in [0.29, 0.717) is 44.5 Å². The molecule has 0 amide bonds. The third-order valence-corrected chi connectivity index (χ3v) is 7.71. The number of benzene rings is 2. The molecule has 0 saturated heterocycles. The molecule has 1 heterocycles. The summed E-state index contributed by atoms with van der Waals surface area (Å²) < 4.78 is 29.0. The molecule has 3 rings (SSSR count).